The monoisotopic (exact) mass is 600 g/mol. The van der Waals surface area contributed by atoms with Gasteiger partial charge in [0.25, 0.3) is 0 Å². The summed E-state index contributed by atoms with van der Waals surface area (Å²) in [6.45, 7) is 4.11. The van der Waals surface area contributed by atoms with Crippen LogP contribution in [-0.2, 0) is 28.7 Å². The van der Waals surface area contributed by atoms with Gasteiger partial charge < -0.3 is 19.5 Å². The quantitative estimate of drug-likeness (QED) is 0.135. The third-order valence-corrected chi connectivity index (χ3v) is 6.32. The van der Waals surface area contributed by atoms with Crippen LogP contribution >= 0.6 is 0 Å². The number of pyridine rings is 1. The van der Waals surface area contributed by atoms with Crippen LogP contribution < -0.4 is 14.8 Å². The largest absolute Gasteiger partial charge is 0.492 e. The van der Waals surface area contributed by atoms with Crippen molar-refractivity contribution in [3.63, 3.8) is 0 Å². The van der Waals surface area contributed by atoms with Crippen molar-refractivity contribution < 1.29 is 41.0 Å². The zero-order valence-corrected chi connectivity index (χ0v) is 23.4. The molecule has 0 saturated carbocycles. The molecule has 1 N–H and O–H groups in total. The SMILES string of the molecule is CCOc1cc(-c2cc(F)c(CC(=O)Nc3ccc(OCCOCc4ccccc4)c(C(F)(F)F)c3)c(F)c2)cnc1C. The van der Waals surface area contributed by atoms with Gasteiger partial charge >= 0.3 is 6.18 Å². The number of benzene rings is 3. The van der Waals surface area contributed by atoms with E-state index in [0.717, 1.165) is 23.8 Å². The fraction of sp³-hybridized carbons (Fsp3) is 0.250. The van der Waals surface area contributed by atoms with E-state index in [1.807, 2.05) is 30.3 Å². The van der Waals surface area contributed by atoms with Crippen molar-refractivity contribution in [2.24, 2.45) is 0 Å². The van der Waals surface area contributed by atoms with Crippen LogP contribution in [0.1, 0.15) is 29.3 Å². The number of hydrogen-bond acceptors (Lipinski definition) is 5. The van der Waals surface area contributed by atoms with E-state index in [2.05, 4.69) is 10.3 Å². The van der Waals surface area contributed by atoms with E-state index < -0.39 is 47.0 Å². The van der Waals surface area contributed by atoms with Gasteiger partial charge in [-0.2, -0.15) is 13.2 Å². The van der Waals surface area contributed by atoms with Crippen LogP contribution in [-0.4, -0.2) is 30.7 Å². The lowest BCUT2D eigenvalue weighted by molar-refractivity contribution is -0.139. The van der Waals surface area contributed by atoms with Crippen molar-refractivity contribution in [1.29, 1.82) is 0 Å². The number of aromatic nitrogens is 1. The molecule has 3 aromatic carbocycles. The molecule has 0 unspecified atom stereocenters. The zero-order chi connectivity index (χ0) is 31.0. The van der Waals surface area contributed by atoms with Crippen molar-refractivity contribution in [1.82, 2.24) is 4.98 Å². The van der Waals surface area contributed by atoms with E-state index in [0.29, 0.717) is 29.7 Å². The topological polar surface area (TPSA) is 69.7 Å². The standard InChI is InChI=1S/C32H29F5N2O4/c1-3-42-30-15-23(18-38-20(30)2)22-13-27(33)25(28(34)14-22)17-31(40)39-24-9-10-29(26(16-24)32(35,36)37)43-12-11-41-19-21-7-5-4-6-8-21/h4-10,13-16,18H,3,11-12,17,19H2,1-2H3,(H,39,40). The molecule has 0 aliphatic heterocycles. The molecule has 0 fully saturated rings. The maximum absolute atomic E-state index is 14.9. The summed E-state index contributed by atoms with van der Waals surface area (Å²) in [4.78, 5) is 16.8. The lowest BCUT2D eigenvalue weighted by Crippen LogP contribution is -2.18. The Morgan fingerprint density at radius 1 is 0.884 bits per heavy atom. The number of hydrogen-bond donors (Lipinski definition) is 1. The second-order valence-corrected chi connectivity index (χ2v) is 9.48. The van der Waals surface area contributed by atoms with E-state index in [1.165, 1.54) is 12.3 Å². The van der Waals surface area contributed by atoms with Crippen LogP contribution in [0, 0.1) is 18.6 Å². The number of amides is 1. The first-order chi connectivity index (χ1) is 20.5. The molecule has 11 heteroatoms. The van der Waals surface area contributed by atoms with Gasteiger partial charge in [0.15, 0.2) is 0 Å². The molecule has 1 aromatic heterocycles. The van der Waals surface area contributed by atoms with E-state index >= 15 is 0 Å². The first-order valence-corrected chi connectivity index (χ1v) is 13.4. The first-order valence-electron chi connectivity index (χ1n) is 13.4. The van der Waals surface area contributed by atoms with Gasteiger partial charge in [0.2, 0.25) is 5.91 Å². The second-order valence-electron chi connectivity index (χ2n) is 9.48. The highest BCUT2D eigenvalue weighted by molar-refractivity contribution is 5.92. The highest BCUT2D eigenvalue weighted by Crippen LogP contribution is 2.38. The summed E-state index contributed by atoms with van der Waals surface area (Å²) in [5.41, 5.74) is 0.258. The number of ether oxygens (including phenoxy) is 3. The Balaban J connectivity index is 1.41. The van der Waals surface area contributed by atoms with Crippen molar-refractivity contribution in [2.45, 2.75) is 33.1 Å². The summed E-state index contributed by atoms with van der Waals surface area (Å²) < 4.78 is 87.3. The normalized spacial score (nSPS) is 11.3. The van der Waals surface area contributed by atoms with Crippen LogP contribution in [0.25, 0.3) is 11.1 Å². The number of anilines is 1. The summed E-state index contributed by atoms with van der Waals surface area (Å²) in [7, 11) is 0. The number of rotatable bonds is 12. The molecular formula is C32H29F5N2O4. The van der Waals surface area contributed by atoms with Crippen LogP contribution in [0.5, 0.6) is 11.5 Å². The number of halogens is 5. The van der Waals surface area contributed by atoms with Crippen molar-refractivity contribution in [2.75, 3.05) is 25.1 Å². The molecule has 0 aliphatic carbocycles. The molecule has 43 heavy (non-hydrogen) atoms. The molecule has 4 rings (SSSR count). The minimum Gasteiger partial charge on any atom is -0.492 e. The number of nitrogens with zero attached hydrogens (tertiary/aromatic N) is 1. The smallest absolute Gasteiger partial charge is 0.420 e. The third kappa shape index (κ3) is 8.51. The molecule has 4 aromatic rings. The summed E-state index contributed by atoms with van der Waals surface area (Å²) in [5.74, 6) is -2.86. The molecule has 0 aliphatic rings. The molecule has 0 radical (unpaired) electrons. The van der Waals surface area contributed by atoms with Gasteiger partial charge in [-0.25, -0.2) is 8.78 Å². The number of alkyl halides is 3. The Morgan fingerprint density at radius 2 is 1.60 bits per heavy atom. The molecule has 6 nitrogen and oxygen atoms in total. The average Bonchev–Trinajstić information content (AvgIpc) is 2.96. The van der Waals surface area contributed by atoms with Crippen molar-refractivity contribution >= 4 is 11.6 Å². The van der Waals surface area contributed by atoms with Gasteiger partial charge in [0.1, 0.15) is 29.7 Å². The Kier molecular flexibility index (Phi) is 10.3. The molecule has 1 amide bonds. The molecule has 226 valence electrons. The number of aryl methyl sites for hydroxylation is 1. The fourth-order valence-corrected chi connectivity index (χ4v) is 4.21. The summed E-state index contributed by atoms with van der Waals surface area (Å²) in [6, 6.07) is 16.0. The van der Waals surface area contributed by atoms with Crippen molar-refractivity contribution in [3.8, 4) is 22.6 Å². The van der Waals surface area contributed by atoms with Crippen LogP contribution in [0.15, 0.2) is 72.9 Å². The average molecular weight is 601 g/mol. The van der Waals surface area contributed by atoms with E-state index in [9.17, 15) is 26.7 Å². The Morgan fingerprint density at radius 3 is 2.28 bits per heavy atom. The van der Waals surface area contributed by atoms with Gasteiger partial charge in [-0.1, -0.05) is 30.3 Å². The Labute approximate surface area is 245 Å². The summed E-state index contributed by atoms with van der Waals surface area (Å²) in [5, 5.41) is 2.27. The lowest BCUT2D eigenvalue weighted by Gasteiger charge is -2.16. The number of carbonyl (C=O) groups excluding carboxylic acids is 1. The molecule has 1 heterocycles. The predicted molar refractivity (Wildman–Crippen MR) is 151 cm³/mol. The second kappa shape index (κ2) is 14.1. The van der Waals surface area contributed by atoms with Crippen LogP contribution in [0.3, 0.4) is 0 Å². The van der Waals surface area contributed by atoms with Gasteiger partial charge in [-0.15, -0.1) is 0 Å². The fourth-order valence-electron chi connectivity index (χ4n) is 4.21. The van der Waals surface area contributed by atoms with Crippen LogP contribution in [0.2, 0.25) is 0 Å². The summed E-state index contributed by atoms with van der Waals surface area (Å²) >= 11 is 0. The molecular weight excluding hydrogens is 571 g/mol. The van der Waals surface area contributed by atoms with Crippen molar-refractivity contribution in [3.05, 3.63) is 107 Å². The van der Waals surface area contributed by atoms with E-state index in [1.54, 1.807) is 19.9 Å². The minimum absolute atomic E-state index is 0.0503. The number of nitrogens with one attached hydrogen (secondary N) is 1. The predicted octanol–water partition coefficient (Wildman–Crippen LogP) is 7.53. The molecule has 0 saturated heterocycles. The van der Waals surface area contributed by atoms with E-state index in [4.69, 9.17) is 14.2 Å². The summed E-state index contributed by atoms with van der Waals surface area (Å²) in [6.07, 6.45) is -4.09. The van der Waals surface area contributed by atoms with Gasteiger partial charge in [0.05, 0.1) is 37.5 Å². The van der Waals surface area contributed by atoms with E-state index in [-0.39, 0.29) is 31.1 Å². The highest BCUT2D eigenvalue weighted by atomic mass is 19.4. The maximum Gasteiger partial charge on any atom is 0.420 e. The molecule has 0 atom stereocenters. The Bertz CT molecular complexity index is 1540. The third-order valence-electron chi connectivity index (χ3n) is 6.32. The lowest BCUT2D eigenvalue weighted by atomic mass is 10.0. The molecule has 0 bridgehead atoms. The van der Waals surface area contributed by atoms with Crippen LogP contribution in [0.4, 0.5) is 27.6 Å². The maximum atomic E-state index is 14.9. The van der Waals surface area contributed by atoms with Gasteiger partial charge in [0, 0.05) is 23.0 Å². The Hall–Kier alpha value is -4.51. The first kappa shape index (κ1) is 31.4. The van der Waals surface area contributed by atoms with Gasteiger partial charge in [-0.3, -0.25) is 9.78 Å². The molecule has 0 spiro atoms. The minimum atomic E-state index is -4.79. The zero-order valence-electron chi connectivity index (χ0n) is 23.4. The highest BCUT2D eigenvalue weighted by Gasteiger charge is 2.35. The number of carbonyl (C=O) groups is 1. The van der Waals surface area contributed by atoms with Gasteiger partial charge in [-0.05, 0) is 61.4 Å².